The molecule has 0 spiro atoms. The van der Waals surface area contributed by atoms with Gasteiger partial charge >= 0.3 is 12.1 Å². The third kappa shape index (κ3) is 3.43. The number of carbonyl (C=O) groups is 2. The van der Waals surface area contributed by atoms with Crippen LogP contribution >= 0.6 is 0 Å². The van der Waals surface area contributed by atoms with Gasteiger partial charge in [0, 0.05) is 23.1 Å². The second-order valence-electron chi connectivity index (χ2n) is 9.43. The van der Waals surface area contributed by atoms with Crippen molar-refractivity contribution in [1.29, 1.82) is 0 Å². The van der Waals surface area contributed by atoms with E-state index >= 15 is 0 Å². The minimum atomic E-state index is -0.574. The minimum absolute atomic E-state index is 0.0180. The standard InChI is InChI=1S/C23H31NO6/c1-22-10-9-19(30-21(27)24-14-5-4-6-15(11-14)28-3)23(2,13-25)18(22)8-7-17-16(22)12-20(26)29-17/h4-6,11,16-19,25H,7-10,12-13H2,1-3H3,(H,24,27)/t16-,17-,18+,19-,22+,23+/m1/s1. The van der Waals surface area contributed by atoms with Crippen molar-refractivity contribution in [3.8, 4) is 5.75 Å². The molecular formula is C23H31NO6. The van der Waals surface area contributed by atoms with Crippen LogP contribution in [0.5, 0.6) is 5.75 Å². The number of hydrogen-bond donors (Lipinski definition) is 2. The van der Waals surface area contributed by atoms with Crippen LogP contribution in [0.1, 0.15) is 46.0 Å². The Morgan fingerprint density at radius 2 is 2.10 bits per heavy atom. The highest BCUT2D eigenvalue weighted by atomic mass is 16.6. The lowest BCUT2D eigenvalue weighted by Gasteiger charge is -2.59. The minimum Gasteiger partial charge on any atom is -0.497 e. The van der Waals surface area contributed by atoms with Gasteiger partial charge in [-0.05, 0) is 49.1 Å². The molecule has 2 aliphatic carbocycles. The quantitative estimate of drug-likeness (QED) is 0.725. The number of hydrogen-bond acceptors (Lipinski definition) is 6. The van der Waals surface area contributed by atoms with Gasteiger partial charge in [0.1, 0.15) is 18.0 Å². The summed E-state index contributed by atoms with van der Waals surface area (Å²) in [6.45, 7) is 4.16. The molecule has 3 aliphatic rings. The van der Waals surface area contributed by atoms with Crippen LogP contribution in [0, 0.1) is 22.7 Å². The average molecular weight is 418 g/mol. The number of ether oxygens (including phenoxy) is 3. The highest BCUT2D eigenvalue weighted by Crippen LogP contribution is 2.62. The predicted molar refractivity (Wildman–Crippen MR) is 110 cm³/mol. The van der Waals surface area contributed by atoms with Gasteiger partial charge in [0.05, 0.1) is 20.1 Å². The zero-order valence-corrected chi connectivity index (χ0v) is 17.8. The third-order valence-electron chi connectivity index (χ3n) is 7.88. The molecule has 1 saturated heterocycles. The summed E-state index contributed by atoms with van der Waals surface area (Å²) in [5.74, 6) is 0.843. The Kier molecular flexibility index (Phi) is 5.43. The maximum atomic E-state index is 12.6. The summed E-state index contributed by atoms with van der Waals surface area (Å²) in [7, 11) is 1.57. The SMILES string of the molecule is COc1cccc(NC(=O)O[C@@H]2CC[C@]3(C)[C@H](CC[C@H]4OC(=O)C[C@H]43)[C@]2(C)CO)c1. The number of methoxy groups -OCH3 is 1. The molecular weight excluding hydrogens is 386 g/mol. The van der Waals surface area contributed by atoms with Crippen LogP contribution in [-0.2, 0) is 14.3 Å². The number of rotatable bonds is 4. The highest BCUT2D eigenvalue weighted by Gasteiger charge is 2.62. The topological polar surface area (TPSA) is 94.1 Å². The fraction of sp³-hybridized carbons (Fsp3) is 0.652. The highest BCUT2D eigenvalue weighted by molar-refractivity contribution is 5.85. The van der Waals surface area contributed by atoms with Crippen molar-refractivity contribution in [3.05, 3.63) is 24.3 Å². The number of aliphatic hydroxyl groups excluding tert-OH is 1. The van der Waals surface area contributed by atoms with Gasteiger partial charge in [-0.15, -0.1) is 0 Å². The predicted octanol–water partition coefficient (Wildman–Crippen LogP) is 3.75. The van der Waals surface area contributed by atoms with Gasteiger partial charge in [-0.3, -0.25) is 10.1 Å². The molecule has 1 heterocycles. The summed E-state index contributed by atoms with van der Waals surface area (Å²) in [5, 5.41) is 13.2. The fourth-order valence-corrected chi connectivity index (χ4v) is 6.27. The van der Waals surface area contributed by atoms with Crippen molar-refractivity contribution in [3.63, 3.8) is 0 Å². The first kappa shape index (κ1) is 21.0. The molecule has 1 aromatic rings. The molecule has 1 aliphatic heterocycles. The van der Waals surface area contributed by atoms with E-state index < -0.39 is 17.6 Å². The average Bonchev–Trinajstić information content (AvgIpc) is 3.12. The first-order valence-corrected chi connectivity index (χ1v) is 10.7. The molecule has 7 nitrogen and oxygen atoms in total. The molecule has 2 N–H and O–H groups in total. The molecule has 0 bridgehead atoms. The van der Waals surface area contributed by atoms with Crippen molar-refractivity contribution in [2.24, 2.45) is 22.7 Å². The van der Waals surface area contributed by atoms with Crippen molar-refractivity contribution < 1.29 is 28.9 Å². The second-order valence-corrected chi connectivity index (χ2v) is 9.43. The Hall–Kier alpha value is -2.28. The van der Waals surface area contributed by atoms with E-state index in [0.29, 0.717) is 24.3 Å². The van der Waals surface area contributed by atoms with Crippen molar-refractivity contribution in [2.75, 3.05) is 19.0 Å². The maximum Gasteiger partial charge on any atom is 0.411 e. The monoisotopic (exact) mass is 417 g/mol. The van der Waals surface area contributed by atoms with Crippen molar-refractivity contribution in [1.82, 2.24) is 0 Å². The summed E-state index contributed by atoms with van der Waals surface area (Å²) in [6.07, 6.45) is 2.62. The lowest BCUT2D eigenvalue weighted by atomic mass is 9.46. The molecule has 2 saturated carbocycles. The number of aliphatic hydroxyl groups is 1. The fourth-order valence-electron chi connectivity index (χ4n) is 6.27. The zero-order valence-electron chi connectivity index (χ0n) is 17.8. The lowest BCUT2D eigenvalue weighted by Crippen LogP contribution is -2.59. The summed E-state index contributed by atoms with van der Waals surface area (Å²) >= 11 is 0. The maximum absolute atomic E-state index is 12.6. The normalized spacial score (nSPS) is 37.5. The number of fused-ring (bicyclic) bond motifs is 3. The number of anilines is 1. The van der Waals surface area contributed by atoms with Gasteiger partial charge in [0.2, 0.25) is 0 Å². The molecule has 4 rings (SSSR count). The molecule has 6 atom stereocenters. The Labute approximate surface area is 177 Å². The van der Waals surface area contributed by atoms with Gasteiger partial charge in [0.15, 0.2) is 0 Å². The van der Waals surface area contributed by atoms with E-state index in [4.69, 9.17) is 14.2 Å². The number of amides is 1. The van der Waals surface area contributed by atoms with Gasteiger partial charge in [-0.25, -0.2) is 4.79 Å². The first-order chi connectivity index (χ1) is 14.3. The van der Waals surface area contributed by atoms with E-state index in [2.05, 4.69) is 12.2 Å². The summed E-state index contributed by atoms with van der Waals surface area (Å²) in [4.78, 5) is 24.6. The Morgan fingerprint density at radius 3 is 2.83 bits per heavy atom. The number of benzene rings is 1. The number of carbonyl (C=O) groups excluding carboxylic acids is 2. The van der Waals surface area contributed by atoms with Gasteiger partial charge in [-0.1, -0.05) is 19.9 Å². The molecule has 0 unspecified atom stereocenters. The number of esters is 1. The summed E-state index contributed by atoms with van der Waals surface area (Å²) < 4.78 is 16.6. The molecule has 7 heteroatoms. The van der Waals surface area contributed by atoms with E-state index in [1.54, 1.807) is 31.4 Å². The number of nitrogens with one attached hydrogen (secondary N) is 1. The molecule has 164 valence electrons. The van der Waals surface area contributed by atoms with Crippen molar-refractivity contribution >= 4 is 17.7 Å². The molecule has 0 aromatic heterocycles. The zero-order chi connectivity index (χ0) is 21.5. The van der Waals surface area contributed by atoms with E-state index in [9.17, 15) is 14.7 Å². The van der Waals surface area contributed by atoms with E-state index in [1.165, 1.54) is 0 Å². The van der Waals surface area contributed by atoms with Crippen LogP contribution < -0.4 is 10.1 Å². The first-order valence-electron chi connectivity index (χ1n) is 10.7. The van der Waals surface area contributed by atoms with Crippen LogP contribution in [0.4, 0.5) is 10.5 Å². The smallest absolute Gasteiger partial charge is 0.411 e. The van der Waals surface area contributed by atoms with Crippen LogP contribution in [0.2, 0.25) is 0 Å². The van der Waals surface area contributed by atoms with Crippen LogP contribution in [0.15, 0.2) is 24.3 Å². The largest absolute Gasteiger partial charge is 0.497 e. The van der Waals surface area contributed by atoms with Gasteiger partial charge in [-0.2, -0.15) is 0 Å². The Balaban J connectivity index is 1.50. The van der Waals surface area contributed by atoms with Crippen LogP contribution in [0.3, 0.4) is 0 Å². The van der Waals surface area contributed by atoms with E-state index in [0.717, 1.165) is 19.3 Å². The summed E-state index contributed by atoms with van der Waals surface area (Å²) in [6, 6.07) is 7.09. The Bertz CT molecular complexity index is 828. The molecule has 0 radical (unpaired) electrons. The van der Waals surface area contributed by atoms with Gasteiger partial charge in [0.25, 0.3) is 0 Å². The third-order valence-corrected chi connectivity index (χ3v) is 7.88. The second kappa shape index (κ2) is 7.76. The Morgan fingerprint density at radius 1 is 1.30 bits per heavy atom. The van der Waals surface area contributed by atoms with Crippen molar-refractivity contribution in [2.45, 2.75) is 58.2 Å². The van der Waals surface area contributed by atoms with Crippen LogP contribution in [0.25, 0.3) is 0 Å². The molecule has 1 aromatic carbocycles. The van der Waals surface area contributed by atoms with Gasteiger partial charge < -0.3 is 19.3 Å². The van der Waals surface area contributed by atoms with E-state index in [-0.39, 0.29) is 35.9 Å². The molecule has 1 amide bonds. The molecule has 30 heavy (non-hydrogen) atoms. The van der Waals surface area contributed by atoms with Crippen LogP contribution in [-0.4, -0.2) is 43.1 Å². The molecule has 3 fully saturated rings. The summed E-state index contributed by atoms with van der Waals surface area (Å²) in [5.41, 5.74) is -0.0989. The van der Waals surface area contributed by atoms with E-state index in [1.807, 2.05) is 6.92 Å². The lowest BCUT2D eigenvalue weighted by molar-refractivity contribution is -0.174.